The van der Waals surface area contributed by atoms with E-state index >= 15 is 0 Å². The molecule has 130 valence electrons. The second kappa shape index (κ2) is 6.62. The molecule has 3 rings (SSSR count). The highest BCUT2D eigenvalue weighted by molar-refractivity contribution is 7.92. The number of benzene rings is 2. The molecule has 3 atom stereocenters. The van der Waals surface area contributed by atoms with E-state index in [1.807, 2.05) is 38.1 Å². The molecule has 0 spiro atoms. The molecule has 0 radical (unpaired) electrons. The smallest absolute Gasteiger partial charge is 0.183 e. The Balaban J connectivity index is 2.06. The summed E-state index contributed by atoms with van der Waals surface area (Å²) in [6.45, 7) is 4.39. The Kier molecular flexibility index (Phi) is 4.68. The minimum atomic E-state index is -3.63. The van der Waals surface area contributed by atoms with E-state index < -0.39 is 20.5 Å². The number of rotatable bonds is 6. The average molecular weight is 355 g/mol. The van der Waals surface area contributed by atoms with E-state index in [2.05, 4.69) is 6.07 Å². The maximum absolute atomic E-state index is 13.2. The van der Waals surface area contributed by atoms with Gasteiger partial charge >= 0.3 is 0 Å². The molecule has 0 bridgehead atoms. The van der Waals surface area contributed by atoms with Gasteiger partial charge in [0.15, 0.2) is 9.84 Å². The average Bonchev–Trinajstić information content (AvgIpc) is 3.31. The van der Waals surface area contributed by atoms with Crippen LogP contribution in [0.15, 0.2) is 59.5 Å². The van der Waals surface area contributed by atoms with Crippen LogP contribution in [-0.2, 0) is 14.6 Å². The van der Waals surface area contributed by atoms with E-state index in [1.165, 1.54) is 0 Å². The van der Waals surface area contributed by atoms with E-state index in [-0.39, 0.29) is 17.4 Å². The Bertz CT molecular complexity index is 885. The summed E-state index contributed by atoms with van der Waals surface area (Å²) in [5.41, 5.74) is 0.926. The lowest BCUT2D eigenvalue weighted by Crippen LogP contribution is -2.19. The molecular weight excluding hydrogens is 334 g/mol. The predicted molar refractivity (Wildman–Crippen MR) is 95.9 cm³/mol. The topological polar surface area (TPSA) is 67.2 Å². The number of hydrogen-bond acceptors (Lipinski definition) is 4. The molecule has 25 heavy (non-hydrogen) atoms. The van der Waals surface area contributed by atoms with E-state index in [1.54, 1.807) is 30.3 Å². The van der Waals surface area contributed by atoms with Crippen molar-refractivity contribution in [2.75, 3.05) is 13.2 Å². The second-order valence-electron chi connectivity index (χ2n) is 6.46. The lowest BCUT2D eigenvalue weighted by molar-refractivity contribution is 0.117. The van der Waals surface area contributed by atoms with Crippen molar-refractivity contribution in [3.05, 3.63) is 65.7 Å². The molecule has 1 saturated carbocycles. The third kappa shape index (κ3) is 2.97. The SMILES string of the molecule is CCOC[C@]1(C#N)[C@@H](c2ccc(C)cc2)[C@@H]1S(=O)(=O)c1ccccc1. The zero-order valence-electron chi connectivity index (χ0n) is 14.3. The van der Waals surface area contributed by atoms with E-state index in [0.717, 1.165) is 11.1 Å². The van der Waals surface area contributed by atoms with Gasteiger partial charge in [0.1, 0.15) is 5.41 Å². The zero-order chi connectivity index (χ0) is 18.1. The quantitative estimate of drug-likeness (QED) is 0.795. The number of hydrogen-bond donors (Lipinski definition) is 0. The third-order valence-electron chi connectivity index (χ3n) is 4.85. The monoisotopic (exact) mass is 355 g/mol. The normalized spacial score (nSPS) is 25.3. The van der Waals surface area contributed by atoms with Gasteiger partial charge in [0.25, 0.3) is 0 Å². The Morgan fingerprint density at radius 2 is 1.76 bits per heavy atom. The van der Waals surface area contributed by atoms with Crippen LogP contribution in [0.1, 0.15) is 24.0 Å². The van der Waals surface area contributed by atoms with Gasteiger partial charge < -0.3 is 4.74 Å². The van der Waals surface area contributed by atoms with Crippen LogP contribution in [0, 0.1) is 23.7 Å². The highest BCUT2D eigenvalue weighted by Crippen LogP contribution is 2.63. The summed E-state index contributed by atoms with van der Waals surface area (Å²) in [4.78, 5) is 0.255. The Hall–Kier alpha value is -2.16. The van der Waals surface area contributed by atoms with E-state index in [9.17, 15) is 13.7 Å². The fourth-order valence-electron chi connectivity index (χ4n) is 3.47. The summed E-state index contributed by atoms with van der Waals surface area (Å²) >= 11 is 0. The molecule has 4 nitrogen and oxygen atoms in total. The van der Waals surface area contributed by atoms with Crippen molar-refractivity contribution in [3.8, 4) is 6.07 Å². The lowest BCUT2D eigenvalue weighted by Gasteiger charge is -2.09. The number of ether oxygens (including phenoxy) is 1. The molecule has 0 unspecified atom stereocenters. The first-order valence-electron chi connectivity index (χ1n) is 8.32. The first-order chi connectivity index (χ1) is 12.0. The van der Waals surface area contributed by atoms with Gasteiger partial charge in [-0.1, -0.05) is 48.0 Å². The molecule has 0 aromatic heterocycles. The highest BCUT2D eigenvalue weighted by atomic mass is 32.2. The molecule has 1 fully saturated rings. The minimum Gasteiger partial charge on any atom is -0.380 e. The van der Waals surface area contributed by atoms with Gasteiger partial charge in [-0.3, -0.25) is 0 Å². The number of sulfone groups is 1. The molecular formula is C20H21NO3S. The van der Waals surface area contributed by atoms with Crippen LogP contribution in [0.25, 0.3) is 0 Å². The van der Waals surface area contributed by atoms with Crippen LogP contribution in [0.3, 0.4) is 0 Å². The summed E-state index contributed by atoms with van der Waals surface area (Å²) in [5.74, 6) is -0.380. The van der Waals surface area contributed by atoms with Crippen LogP contribution in [-0.4, -0.2) is 26.9 Å². The molecule has 2 aromatic carbocycles. The van der Waals surface area contributed by atoms with Gasteiger partial charge in [-0.15, -0.1) is 0 Å². The summed E-state index contributed by atoms with van der Waals surface area (Å²) in [7, 11) is -3.63. The first kappa shape index (κ1) is 17.7. The molecule has 5 heteroatoms. The number of aryl methyl sites for hydroxylation is 1. The van der Waals surface area contributed by atoms with Crippen LogP contribution in [0.2, 0.25) is 0 Å². The maximum Gasteiger partial charge on any atom is 0.183 e. The maximum atomic E-state index is 13.2. The lowest BCUT2D eigenvalue weighted by atomic mass is 10.0. The van der Waals surface area contributed by atoms with Crippen LogP contribution in [0.4, 0.5) is 0 Å². The summed E-state index contributed by atoms with van der Waals surface area (Å²) in [6.07, 6.45) is 0. The van der Waals surface area contributed by atoms with Gasteiger partial charge in [-0.2, -0.15) is 5.26 Å². The molecule has 0 saturated heterocycles. The first-order valence-corrected chi connectivity index (χ1v) is 9.86. The zero-order valence-corrected chi connectivity index (χ0v) is 15.2. The van der Waals surface area contributed by atoms with Crippen LogP contribution >= 0.6 is 0 Å². The van der Waals surface area contributed by atoms with Crippen molar-refractivity contribution >= 4 is 9.84 Å². The molecule has 1 aliphatic carbocycles. The van der Waals surface area contributed by atoms with Crippen molar-refractivity contribution in [3.63, 3.8) is 0 Å². The molecule has 0 amide bonds. The largest absolute Gasteiger partial charge is 0.380 e. The van der Waals surface area contributed by atoms with Gasteiger partial charge in [0, 0.05) is 12.5 Å². The van der Waals surface area contributed by atoms with E-state index in [4.69, 9.17) is 4.74 Å². The van der Waals surface area contributed by atoms with E-state index in [0.29, 0.717) is 6.61 Å². The predicted octanol–water partition coefficient (Wildman–Crippen LogP) is 3.48. The second-order valence-corrected chi connectivity index (χ2v) is 8.53. The van der Waals surface area contributed by atoms with Crippen molar-refractivity contribution in [2.45, 2.75) is 29.9 Å². The summed E-state index contributed by atoms with van der Waals surface area (Å²) in [5, 5.41) is 9.07. The van der Waals surface area contributed by atoms with Gasteiger partial charge in [0.2, 0.25) is 0 Å². The van der Waals surface area contributed by atoms with Crippen molar-refractivity contribution in [2.24, 2.45) is 5.41 Å². The van der Waals surface area contributed by atoms with Gasteiger partial charge in [-0.05, 0) is 31.5 Å². The van der Waals surface area contributed by atoms with Crippen molar-refractivity contribution in [1.29, 1.82) is 5.26 Å². The third-order valence-corrected chi connectivity index (χ3v) is 7.14. The highest BCUT2D eigenvalue weighted by Gasteiger charge is 2.72. The fourth-order valence-corrected chi connectivity index (χ4v) is 5.80. The molecule has 0 N–H and O–H groups in total. The molecule has 0 aliphatic heterocycles. The fraction of sp³-hybridized carbons (Fsp3) is 0.350. The minimum absolute atomic E-state index is 0.120. The summed E-state index contributed by atoms with van der Waals surface area (Å²) in [6, 6.07) is 18.3. The number of nitriles is 1. The molecule has 2 aromatic rings. The summed E-state index contributed by atoms with van der Waals surface area (Å²) < 4.78 is 31.9. The van der Waals surface area contributed by atoms with Crippen LogP contribution in [0.5, 0.6) is 0 Å². The Labute approximate surface area is 149 Å². The van der Waals surface area contributed by atoms with Crippen molar-refractivity contribution in [1.82, 2.24) is 0 Å². The van der Waals surface area contributed by atoms with Crippen LogP contribution < -0.4 is 0 Å². The molecule has 1 aliphatic rings. The number of nitrogens with zero attached hydrogens (tertiary/aromatic N) is 1. The Morgan fingerprint density at radius 3 is 2.32 bits per heavy atom. The Morgan fingerprint density at radius 1 is 1.12 bits per heavy atom. The van der Waals surface area contributed by atoms with Crippen molar-refractivity contribution < 1.29 is 13.2 Å². The van der Waals surface area contributed by atoms with Gasteiger partial charge in [-0.25, -0.2) is 8.42 Å². The van der Waals surface area contributed by atoms with Gasteiger partial charge in [0.05, 0.1) is 22.8 Å². The molecule has 0 heterocycles. The standard InChI is InChI=1S/C20H21NO3S/c1-3-24-14-20(13-21)18(16-11-9-15(2)10-12-16)19(20)25(22,23)17-7-5-4-6-8-17/h4-12,18-19H,3,14H2,1-2H3/t18-,19-,20+/m0/s1.